The van der Waals surface area contributed by atoms with Gasteiger partial charge in [-0.15, -0.1) is 11.3 Å². The van der Waals surface area contributed by atoms with Gasteiger partial charge in [-0.2, -0.15) is 5.10 Å². The second-order valence-corrected chi connectivity index (χ2v) is 6.00. The quantitative estimate of drug-likeness (QED) is 0.611. The lowest BCUT2D eigenvalue weighted by molar-refractivity contribution is 1.32. The van der Waals surface area contributed by atoms with Crippen molar-refractivity contribution < 1.29 is 0 Å². The van der Waals surface area contributed by atoms with Crippen LogP contribution >= 0.6 is 34.5 Å². The van der Waals surface area contributed by atoms with E-state index < -0.39 is 0 Å². The number of nitrogens with one attached hydrogen (secondary N) is 1. The largest absolute Gasteiger partial charge is 0.278 e. The van der Waals surface area contributed by atoms with Crippen LogP contribution < -0.4 is 5.43 Å². The van der Waals surface area contributed by atoms with Gasteiger partial charge in [0, 0.05) is 5.02 Å². The van der Waals surface area contributed by atoms with E-state index in [1.165, 1.54) is 11.3 Å². The lowest BCUT2D eigenvalue weighted by Crippen LogP contribution is -1.97. The van der Waals surface area contributed by atoms with Crippen LogP contribution in [0.1, 0.15) is 17.4 Å². The Bertz CT molecular complexity index is 590. The summed E-state index contributed by atoms with van der Waals surface area (Å²) in [7, 11) is 0. The van der Waals surface area contributed by atoms with Crippen LogP contribution in [0, 0.1) is 6.92 Å². The molecule has 0 saturated heterocycles. The molecule has 0 aliphatic heterocycles. The molecule has 0 aliphatic carbocycles. The summed E-state index contributed by atoms with van der Waals surface area (Å²) < 4.78 is 0.762. The monoisotopic (exact) mass is 298 g/mol. The molecule has 0 fully saturated rings. The molecule has 0 aliphatic rings. The van der Waals surface area contributed by atoms with Gasteiger partial charge in [0.15, 0.2) is 0 Å². The van der Waals surface area contributed by atoms with E-state index in [9.17, 15) is 0 Å². The predicted octanol–water partition coefficient (Wildman–Crippen LogP) is 5.20. The average molecular weight is 299 g/mol. The molecule has 0 spiro atoms. The molecule has 0 unspecified atom stereocenters. The highest BCUT2D eigenvalue weighted by Gasteiger charge is 2.02. The topological polar surface area (TPSA) is 24.4 Å². The van der Waals surface area contributed by atoms with Gasteiger partial charge in [-0.05, 0) is 43.7 Å². The van der Waals surface area contributed by atoms with Crippen molar-refractivity contribution in [3.8, 4) is 0 Å². The Labute approximate surface area is 120 Å². The van der Waals surface area contributed by atoms with Crippen LogP contribution in [-0.2, 0) is 0 Å². The normalized spacial score (nSPS) is 11.7. The van der Waals surface area contributed by atoms with E-state index in [2.05, 4.69) is 10.5 Å². The zero-order chi connectivity index (χ0) is 13.1. The minimum Gasteiger partial charge on any atom is -0.278 e. The number of benzene rings is 1. The highest BCUT2D eigenvalue weighted by Crippen LogP contribution is 2.23. The minimum atomic E-state index is 0.729. The molecule has 1 heterocycles. The maximum Gasteiger partial charge on any atom is 0.0935 e. The number of thiophene rings is 1. The van der Waals surface area contributed by atoms with Gasteiger partial charge in [-0.3, -0.25) is 5.43 Å². The lowest BCUT2D eigenvalue weighted by atomic mass is 10.2. The van der Waals surface area contributed by atoms with Crippen molar-refractivity contribution in [3.05, 3.63) is 50.1 Å². The van der Waals surface area contributed by atoms with Gasteiger partial charge in [-0.1, -0.05) is 29.3 Å². The molecule has 5 heteroatoms. The van der Waals surface area contributed by atoms with Crippen molar-refractivity contribution in [2.45, 2.75) is 13.8 Å². The first-order chi connectivity index (χ1) is 8.56. The van der Waals surface area contributed by atoms with Crippen LogP contribution in [0.15, 0.2) is 35.4 Å². The molecule has 2 nitrogen and oxygen atoms in total. The number of hydrogen-bond donors (Lipinski definition) is 1. The first-order valence-corrected chi connectivity index (χ1v) is 6.95. The molecule has 94 valence electrons. The predicted molar refractivity (Wildman–Crippen MR) is 81.4 cm³/mol. The smallest absolute Gasteiger partial charge is 0.0935 e. The number of hydrogen-bond acceptors (Lipinski definition) is 3. The highest BCUT2D eigenvalue weighted by atomic mass is 35.5. The van der Waals surface area contributed by atoms with Crippen LogP contribution in [0.4, 0.5) is 5.69 Å². The maximum atomic E-state index is 6.05. The van der Waals surface area contributed by atoms with Crippen LogP contribution in [0.2, 0.25) is 9.36 Å². The SMILES string of the molecule is C/C(=N/Nc1ccc(C)c(Cl)c1)c1ccc(Cl)s1. The Kier molecular flexibility index (Phi) is 4.27. The van der Waals surface area contributed by atoms with Crippen LogP contribution in [-0.4, -0.2) is 5.71 Å². The number of aryl methyl sites for hydroxylation is 1. The molecule has 2 rings (SSSR count). The second kappa shape index (κ2) is 5.74. The zero-order valence-corrected chi connectivity index (χ0v) is 12.3. The van der Waals surface area contributed by atoms with Crippen molar-refractivity contribution in [1.29, 1.82) is 0 Å². The van der Waals surface area contributed by atoms with E-state index in [4.69, 9.17) is 23.2 Å². The Morgan fingerprint density at radius 3 is 2.61 bits per heavy atom. The summed E-state index contributed by atoms with van der Waals surface area (Å²) in [4.78, 5) is 1.05. The van der Waals surface area contributed by atoms with Gasteiger partial charge in [0.1, 0.15) is 0 Å². The van der Waals surface area contributed by atoms with Gasteiger partial charge < -0.3 is 0 Å². The third-order valence-electron chi connectivity index (χ3n) is 2.45. The van der Waals surface area contributed by atoms with E-state index in [0.29, 0.717) is 0 Å². The molecule has 0 amide bonds. The van der Waals surface area contributed by atoms with E-state index >= 15 is 0 Å². The molecule has 0 bridgehead atoms. The molecule has 0 radical (unpaired) electrons. The lowest BCUT2D eigenvalue weighted by Gasteiger charge is -2.04. The summed E-state index contributed by atoms with van der Waals surface area (Å²) in [5.74, 6) is 0. The van der Waals surface area contributed by atoms with Crippen molar-refractivity contribution in [2.24, 2.45) is 5.10 Å². The molecule has 1 aromatic heterocycles. The van der Waals surface area contributed by atoms with Crippen molar-refractivity contribution in [3.63, 3.8) is 0 Å². The Morgan fingerprint density at radius 2 is 2.00 bits per heavy atom. The summed E-state index contributed by atoms with van der Waals surface area (Å²) in [6.45, 7) is 3.90. The summed E-state index contributed by atoms with van der Waals surface area (Å²) in [6, 6.07) is 9.57. The Morgan fingerprint density at radius 1 is 1.22 bits per heavy atom. The van der Waals surface area contributed by atoms with Crippen LogP contribution in [0.5, 0.6) is 0 Å². The third kappa shape index (κ3) is 3.25. The van der Waals surface area contributed by atoms with Gasteiger partial charge in [0.05, 0.1) is 20.6 Å². The van der Waals surface area contributed by atoms with Gasteiger partial charge in [-0.25, -0.2) is 0 Å². The van der Waals surface area contributed by atoms with E-state index in [1.54, 1.807) is 0 Å². The number of nitrogens with zero attached hydrogens (tertiary/aromatic N) is 1. The summed E-state index contributed by atoms with van der Waals surface area (Å²) in [5.41, 5.74) is 5.80. The standard InChI is InChI=1S/C13H12Cl2N2S/c1-8-3-4-10(7-11(8)14)17-16-9(2)12-5-6-13(15)18-12/h3-7,17H,1-2H3/b16-9-. The third-order valence-corrected chi connectivity index (χ3v) is 4.20. The van der Waals surface area contributed by atoms with E-state index in [1.807, 2.05) is 44.2 Å². The fraction of sp³-hybridized carbons (Fsp3) is 0.154. The van der Waals surface area contributed by atoms with Crippen LogP contribution in [0.25, 0.3) is 0 Å². The molecular weight excluding hydrogens is 287 g/mol. The van der Waals surface area contributed by atoms with Gasteiger partial charge in [0.2, 0.25) is 0 Å². The Balaban J connectivity index is 2.12. The zero-order valence-electron chi connectivity index (χ0n) is 10.00. The average Bonchev–Trinajstić information content (AvgIpc) is 2.77. The fourth-order valence-corrected chi connectivity index (χ4v) is 2.54. The number of rotatable bonds is 3. The van der Waals surface area contributed by atoms with E-state index in [0.717, 1.165) is 31.2 Å². The number of anilines is 1. The molecule has 1 aromatic carbocycles. The minimum absolute atomic E-state index is 0.729. The molecule has 0 atom stereocenters. The van der Waals surface area contributed by atoms with Crippen molar-refractivity contribution in [2.75, 3.05) is 5.43 Å². The molecule has 18 heavy (non-hydrogen) atoms. The number of hydrazone groups is 1. The summed E-state index contributed by atoms with van der Waals surface area (Å²) >= 11 is 13.4. The van der Waals surface area contributed by atoms with Crippen molar-refractivity contribution in [1.82, 2.24) is 0 Å². The molecule has 0 saturated carbocycles. The number of halogens is 2. The maximum absolute atomic E-state index is 6.05. The molecule has 2 aromatic rings. The van der Waals surface area contributed by atoms with Crippen molar-refractivity contribution >= 4 is 45.9 Å². The summed E-state index contributed by atoms with van der Waals surface area (Å²) in [5, 5.41) is 5.04. The van der Waals surface area contributed by atoms with E-state index in [-0.39, 0.29) is 0 Å². The molecular formula is C13H12Cl2N2S. The second-order valence-electron chi connectivity index (χ2n) is 3.88. The van der Waals surface area contributed by atoms with Gasteiger partial charge in [0.25, 0.3) is 0 Å². The fourth-order valence-electron chi connectivity index (χ4n) is 1.37. The van der Waals surface area contributed by atoms with Crippen LogP contribution in [0.3, 0.4) is 0 Å². The highest BCUT2D eigenvalue weighted by molar-refractivity contribution is 7.18. The summed E-state index contributed by atoms with van der Waals surface area (Å²) in [6.07, 6.45) is 0. The Hall–Kier alpha value is -1.03. The first kappa shape index (κ1) is 13.4. The first-order valence-electron chi connectivity index (χ1n) is 5.38. The molecule has 1 N–H and O–H groups in total. The van der Waals surface area contributed by atoms with Gasteiger partial charge >= 0.3 is 0 Å².